The minimum Gasteiger partial charge on any atom is -0.309 e. The van der Waals surface area contributed by atoms with Gasteiger partial charge in [0.2, 0.25) is 0 Å². The fourth-order valence-electron chi connectivity index (χ4n) is 9.91. The highest BCUT2D eigenvalue weighted by molar-refractivity contribution is 6.32. The lowest BCUT2D eigenvalue weighted by molar-refractivity contribution is 0.664. The molecule has 11 aromatic rings. The van der Waals surface area contributed by atoms with Crippen LogP contribution in [0.3, 0.4) is 0 Å². The van der Waals surface area contributed by atoms with Crippen molar-refractivity contribution in [3.63, 3.8) is 0 Å². The first kappa shape index (κ1) is 33.6. The van der Waals surface area contributed by atoms with Crippen LogP contribution in [0.25, 0.3) is 100 Å². The van der Waals surface area contributed by atoms with E-state index >= 15 is 0 Å². The van der Waals surface area contributed by atoms with Gasteiger partial charge < -0.3 is 9.13 Å². The average molecular weight is 755 g/mol. The predicted octanol–water partition coefficient (Wildman–Crippen LogP) is 14.0. The molecule has 4 nitrogen and oxygen atoms in total. The molecule has 0 bridgehead atoms. The van der Waals surface area contributed by atoms with Crippen LogP contribution in [0.1, 0.15) is 25.0 Å². The van der Waals surface area contributed by atoms with Crippen molar-refractivity contribution in [3.8, 4) is 56.4 Å². The molecule has 8 aromatic carbocycles. The third-order valence-electron chi connectivity index (χ3n) is 12.5. The van der Waals surface area contributed by atoms with Crippen LogP contribution in [0.2, 0.25) is 0 Å². The Balaban J connectivity index is 1.17. The third-order valence-corrected chi connectivity index (χ3v) is 12.5. The monoisotopic (exact) mass is 754 g/mol. The zero-order chi connectivity index (χ0) is 39.2. The predicted molar refractivity (Wildman–Crippen MR) is 245 cm³/mol. The fourth-order valence-corrected chi connectivity index (χ4v) is 9.91. The van der Waals surface area contributed by atoms with E-state index in [1.54, 1.807) is 0 Å². The van der Waals surface area contributed by atoms with E-state index in [0.29, 0.717) is 5.82 Å². The zero-order valence-electron chi connectivity index (χ0n) is 32.8. The van der Waals surface area contributed by atoms with Gasteiger partial charge in [0.1, 0.15) is 0 Å². The number of hydrogen-bond acceptors (Lipinski definition) is 2. The van der Waals surface area contributed by atoms with Crippen molar-refractivity contribution < 1.29 is 0 Å². The second kappa shape index (κ2) is 12.7. The Kier molecular flexibility index (Phi) is 7.24. The summed E-state index contributed by atoms with van der Waals surface area (Å²) in [5.41, 5.74) is 17.1. The summed E-state index contributed by atoms with van der Waals surface area (Å²) in [6.45, 7) is 4.82. The molecule has 1 aliphatic carbocycles. The molecule has 278 valence electrons. The maximum absolute atomic E-state index is 5.15. The van der Waals surface area contributed by atoms with E-state index in [-0.39, 0.29) is 5.41 Å². The lowest BCUT2D eigenvalue weighted by Crippen LogP contribution is -2.16. The van der Waals surface area contributed by atoms with Gasteiger partial charge in [-0.1, -0.05) is 166 Å². The second-order valence-corrected chi connectivity index (χ2v) is 16.1. The Morgan fingerprint density at radius 2 is 0.915 bits per heavy atom. The van der Waals surface area contributed by atoms with Crippen LogP contribution < -0.4 is 0 Å². The first-order valence-electron chi connectivity index (χ1n) is 20.3. The molecule has 0 saturated carbocycles. The van der Waals surface area contributed by atoms with Crippen LogP contribution in [-0.2, 0) is 5.41 Å². The van der Waals surface area contributed by atoms with Crippen LogP contribution in [0.15, 0.2) is 194 Å². The van der Waals surface area contributed by atoms with Gasteiger partial charge in [-0.25, -0.2) is 9.97 Å². The quantitative estimate of drug-likeness (QED) is 0.175. The first-order valence-corrected chi connectivity index (χ1v) is 20.3. The summed E-state index contributed by atoms with van der Waals surface area (Å²) in [6.07, 6.45) is 0. The van der Waals surface area contributed by atoms with Crippen molar-refractivity contribution in [2.24, 2.45) is 0 Å². The van der Waals surface area contributed by atoms with Gasteiger partial charge >= 0.3 is 0 Å². The van der Waals surface area contributed by atoms with Crippen LogP contribution in [0, 0.1) is 0 Å². The molecule has 0 atom stereocenters. The Labute approximate surface area is 342 Å². The maximum Gasteiger partial charge on any atom is 0.160 e. The van der Waals surface area contributed by atoms with E-state index in [1.807, 2.05) is 24.3 Å². The summed E-state index contributed by atoms with van der Waals surface area (Å²) in [7, 11) is 0. The van der Waals surface area contributed by atoms with Crippen molar-refractivity contribution >= 4 is 43.6 Å². The number of aromatic nitrogens is 4. The number of fused-ring (bicyclic) bond motifs is 12. The molecular formula is C55H38N4. The third kappa shape index (κ3) is 4.90. The molecule has 0 fully saturated rings. The van der Waals surface area contributed by atoms with Crippen LogP contribution >= 0.6 is 0 Å². The van der Waals surface area contributed by atoms with Crippen molar-refractivity contribution in [1.29, 1.82) is 0 Å². The Hall–Kier alpha value is -7.56. The van der Waals surface area contributed by atoms with Gasteiger partial charge in [0.15, 0.2) is 5.82 Å². The summed E-state index contributed by atoms with van der Waals surface area (Å²) in [5.74, 6) is 0.712. The van der Waals surface area contributed by atoms with E-state index in [9.17, 15) is 0 Å². The summed E-state index contributed by atoms with van der Waals surface area (Å²) in [6, 6.07) is 69.6. The van der Waals surface area contributed by atoms with Crippen molar-refractivity contribution in [1.82, 2.24) is 19.1 Å². The Morgan fingerprint density at radius 3 is 1.58 bits per heavy atom. The lowest BCUT2D eigenvalue weighted by Gasteiger charge is -2.24. The van der Waals surface area contributed by atoms with Crippen LogP contribution in [0.4, 0.5) is 0 Å². The van der Waals surface area contributed by atoms with E-state index in [1.165, 1.54) is 65.9 Å². The van der Waals surface area contributed by atoms with Gasteiger partial charge in [-0.05, 0) is 64.7 Å². The molecule has 0 saturated heterocycles. The molecule has 4 heteroatoms. The van der Waals surface area contributed by atoms with Gasteiger partial charge in [0, 0.05) is 55.0 Å². The van der Waals surface area contributed by atoms with Crippen LogP contribution in [0.5, 0.6) is 0 Å². The Morgan fingerprint density at radius 1 is 0.424 bits per heavy atom. The Bertz CT molecular complexity index is 3370. The zero-order valence-corrected chi connectivity index (χ0v) is 32.8. The van der Waals surface area contributed by atoms with Crippen molar-refractivity contribution in [2.45, 2.75) is 19.3 Å². The van der Waals surface area contributed by atoms with E-state index in [4.69, 9.17) is 9.97 Å². The number of nitrogens with zero attached hydrogens (tertiary/aromatic N) is 4. The molecule has 1 aliphatic rings. The van der Waals surface area contributed by atoms with Crippen LogP contribution in [-0.4, -0.2) is 19.1 Å². The molecule has 0 radical (unpaired) electrons. The largest absolute Gasteiger partial charge is 0.309 e. The normalized spacial score (nSPS) is 13.1. The smallest absolute Gasteiger partial charge is 0.160 e. The molecule has 0 spiro atoms. The molecule has 0 amide bonds. The maximum atomic E-state index is 5.15. The molecule has 0 aliphatic heterocycles. The highest BCUT2D eigenvalue weighted by atomic mass is 15.0. The van der Waals surface area contributed by atoms with Gasteiger partial charge in [0.25, 0.3) is 0 Å². The topological polar surface area (TPSA) is 35.6 Å². The summed E-state index contributed by atoms with van der Waals surface area (Å²) in [5, 5.41) is 5.10. The van der Waals surface area contributed by atoms with Gasteiger partial charge in [-0.2, -0.15) is 0 Å². The van der Waals surface area contributed by atoms with Crippen molar-refractivity contribution in [3.05, 3.63) is 205 Å². The molecule has 12 rings (SSSR count). The number of hydrogen-bond donors (Lipinski definition) is 0. The molecule has 3 aromatic heterocycles. The molecule has 0 N–H and O–H groups in total. The minimum absolute atomic E-state index is 0.261. The van der Waals surface area contributed by atoms with E-state index < -0.39 is 0 Å². The number of para-hydroxylation sites is 3. The molecule has 3 heterocycles. The number of benzene rings is 8. The highest BCUT2D eigenvalue weighted by Gasteiger charge is 2.41. The van der Waals surface area contributed by atoms with E-state index in [2.05, 4.69) is 193 Å². The SMILES string of the molecule is CC1(C)c2ccccc2-c2c1c1c(c3ccccc3n1-c1ccc(-c3cc(-c4ccccc4)nc(-c4ccccc4)n3)cc1)c1c2c2ccccc2n1-c1ccccc1. The first-order chi connectivity index (χ1) is 29.1. The summed E-state index contributed by atoms with van der Waals surface area (Å²) >= 11 is 0. The molecular weight excluding hydrogens is 717 g/mol. The molecule has 0 unspecified atom stereocenters. The van der Waals surface area contributed by atoms with Gasteiger partial charge in [-0.3, -0.25) is 0 Å². The average Bonchev–Trinajstić information content (AvgIpc) is 3.90. The lowest BCUT2D eigenvalue weighted by atomic mass is 9.81. The minimum atomic E-state index is -0.261. The van der Waals surface area contributed by atoms with E-state index in [0.717, 1.165) is 39.5 Å². The standard InChI is InChI=1S/C55H38N4/c1-55(2)43-27-15-12-24-40(43)48-49-41-25-13-16-28-46(41)58(38-22-10-5-11-23-38)52(49)50-42-26-14-17-29-47(42)59(53(50)51(48)55)39-32-30-36(31-33-39)45-34-44(35-18-6-3-7-19-35)56-54(57-45)37-20-8-4-9-21-37/h3-34H,1-2H3. The summed E-state index contributed by atoms with van der Waals surface area (Å²) < 4.78 is 5.03. The second-order valence-electron chi connectivity index (χ2n) is 16.1. The number of rotatable bonds is 5. The fraction of sp³-hybridized carbons (Fsp3) is 0.0545. The van der Waals surface area contributed by atoms with Gasteiger partial charge in [0.05, 0.1) is 33.5 Å². The van der Waals surface area contributed by atoms with Gasteiger partial charge in [-0.15, -0.1) is 0 Å². The van der Waals surface area contributed by atoms with Crippen molar-refractivity contribution in [2.75, 3.05) is 0 Å². The highest BCUT2D eigenvalue weighted by Crippen LogP contribution is 2.58. The molecule has 59 heavy (non-hydrogen) atoms. The summed E-state index contributed by atoms with van der Waals surface area (Å²) in [4.78, 5) is 10.2.